The Morgan fingerprint density at radius 2 is 1.85 bits per heavy atom. The van der Waals surface area contributed by atoms with Crippen LogP contribution in [0, 0.1) is 18.6 Å². The molecule has 0 saturated heterocycles. The topological polar surface area (TPSA) is 67.4 Å². The highest BCUT2D eigenvalue weighted by Gasteiger charge is 2.10. The predicted octanol–water partition coefficient (Wildman–Crippen LogP) is 3.13. The van der Waals surface area contributed by atoms with Crippen molar-refractivity contribution in [2.75, 3.05) is 24.7 Å². The highest BCUT2D eigenvalue weighted by atomic mass is 32.2. The van der Waals surface area contributed by atoms with Crippen molar-refractivity contribution in [3.05, 3.63) is 53.6 Å². The van der Waals surface area contributed by atoms with E-state index in [1.54, 1.807) is 12.1 Å². The number of carbonyl (C=O) groups excluding carboxylic acids is 2. The van der Waals surface area contributed by atoms with Gasteiger partial charge in [-0.1, -0.05) is 6.07 Å². The largest absolute Gasteiger partial charge is 0.495 e. The molecule has 0 aliphatic heterocycles. The number of hydrogen-bond donors (Lipinski definition) is 2. The summed E-state index contributed by atoms with van der Waals surface area (Å²) in [5.74, 6) is -2.22. The van der Waals surface area contributed by atoms with Crippen LogP contribution < -0.4 is 15.4 Å². The molecule has 2 aromatic carbocycles. The number of nitrogens with one attached hydrogen (secondary N) is 2. The van der Waals surface area contributed by atoms with Crippen LogP contribution in [0.4, 0.5) is 14.5 Å². The van der Waals surface area contributed by atoms with Gasteiger partial charge in [-0.25, -0.2) is 8.78 Å². The average Bonchev–Trinajstić information content (AvgIpc) is 2.61. The van der Waals surface area contributed by atoms with Gasteiger partial charge in [0.1, 0.15) is 5.75 Å². The third kappa shape index (κ3) is 5.73. The van der Waals surface area contributed by atoms with Crippen molar-refractivity contribution in [2.24, 2.45) is 0 Å². The summed E-state index contributed by atoms with van der Waals surface area (Å²) in [5.41, 5.74) is 1.47. The minimum Gasteiger partial charge on any atom is -0.495 e. The Morgan fingerprint density at radius 1 is 1.08 bits per heavy atom. The summed E-state index contributed by atoms with van der Waals surface area (Å²) < 4.78 is 31.1. The lowest BCUT2D eigenvalue weighted by atomic mass is 10.2. The van der Waals surface area contributed by atoms with Gasteiger partial charge >= 0.3 is 0 Å². The molecule has 0 unspecified atom stereocenters. The maximum Gasteiger partial charge on any atom is 0.243 e. The van der Waals surface area contributed by atoms with Gasteiger partial charge in [-0.3, -0.25) is 9.59 Å². The van der Waals surface area contributed by atoms with Crippen LogP contribution in [0.2, 0.25) is 0 Å². The Balaban J connectivity index is 1.80. The molecule has 0 radical (unpaired) electrons. The van der Waals surface area contributed by atoms with E-state index in [-0.39, 0.29) is 12.3 Å². The van der Waals surface area contributed by atoms with Crippen LogP contribution in [0.3, 0.4) is 0 Å². The first kappa shape index (κ1) is 19.7. The van der Waals surface area contributed by atoms with Crippen LogP contribution in [-0.4, -0.2) is 31.2 Å². The summed E-state index contributed by atoms with van der Waals surface area (Å²) in [6.07, 6.45) is 0. The number of benzene rings is 2. The highest BCUT2D eigenvalue weighted by molar-refractivity contribution is 8.00. The number of aryl methyl sites for hydroxylation is 1. The quantitative estimate of drug-likeness (QED) is 0.725. The van der Waals surface area contributed by atoms with Gasteiger partial charge in [-0.2, -0.15) is 0 Å². The number of thioether (sulfide) groups is 1. The Morgan fingerprint density at radius 3 is 2.54 bits per heavy atom. The van der Waals surface area contributed by atoms with Crippen LogP contribution in [0.1, 0.15) is 5.56 Å². The number of methoxy groups -OCH3 is 1. The first-order valence-electron chi connectivity index (χ1n) is 7.68. The fraction of sp³-hybridized carbons (Fsp3) is 0.222. The molecule has 5 nitrogen and oxygen atoms in total. The zero-order valence-corrected chi connectivity index (χ0v) is 15.1. The van der Waals surface area contributed by atoms with Gasteiger partial charge in [0, 0.05) is 4.90 Å². The minimum atomic E-state index is -0.970. The molecule has 2 aromatic rings. The minimum absolute atomic E-state index is 0.0217. The molecule has 0 heterocycles. The molecule has 0 aliphatic carbocycles. The van der Waals surface area contributed by atoms with Crippen molar-refractivity contribution in [3.63, 3.8) is 0 Å². The number of carbonyl (C=O) groups is 2. The molecule has 2 amide bonds. The van der Waals surface area contributed by atoms with E-state index in [0.717, 1.165) is 29.5 Å². The lowest BCUT2D eigenvalue weighted by molar-refractivity contribution is -0.122. The van der Waals surface area contributed by atoms with E-state index in [9.17, 15) is 18.4 Å². The molecule has 26 heavy (non-hydrogen) atoms. The van der Waals surface area contributed by atoms with Crippen molar-refractivity contribution < 1.29 is 23.1 Å². The average molecular weight is 380 g/mol. The van der Waals surface area contributed by atoms with Crippen LogP contribution in [0.15, 0.2) is 41.3 Å². The molecule has 0 saturated carbocycles. The summed E-state index contributed by atoms with van der Waals surface area (Å²) >= 11 is 1.04. The first-order valence-corrected chi connectivity index (χ1v) is 8.66. The Bertz CT molecular complexity index is 815. The summed E-state index contributed by atoms with van der Waals surface area (Å²) in [6.45, 7) is 1.67. The summed E-state index contributed by atoms with van der Waals surface area (Å²) in [7, 11) is 1.50. The molecule has 0 atom stereocenters. The van der Waals surface area contributed by atoms with E-state index in [2.05, 4.69) is 10.6 Å². The van der Waals surface area contributed by atoms with Crippen molar-refractivity contribution >= 4 is 29.3 Å². The summed E-state index contributed by atoms with van der Waals surface area (Å²) in [4.78, 5) is 24.2. The first-order chi connectivity index (χ1) is 12.4. The van der Waals surface area contributed by atoms with E-state index < -0.39 is 23.4 Å². The maximum atomic E-state index is 13.1. The molecule has 0 aromatic heterocycles. The molecule has 0 aliphatic rings. The van der Waals surface area contributed by atoms with Crippen molar-refractivity contribution in [1.29, 1.82) is 0 Å². The SMILES string of the molecule is COc1ccc(C)cc1NC(=O)CNC(=O)CSc1ccc(F)c(F)c1. The third-order valence-electron chi connectivity index (χ3n) is 3.34. The number of amides is 2. The molecule has 8 heteroatoms. The van der Waals surface area contributed by atoms with Crippen LogP contribution in [-0.2, 0) is 9.59 Å². The molecule has 0 fully saturated rings. The molecule has 138 valence electrons. The van der Waals surface area contributed by atoms with E-state index in [1.165, 1.54) is 13.2 Å². The number of ether oxygens (including phenoxy) is 1. The second-order valence-corrected chi connectivity index (χ2v) is 6.44. The maximum absolute atomic E-state index is 13.1. The van der Waals surface area contributed by atoms with Crippen LogP contribution in [0.5, 0.6) is 5.75 Å². The zero-order chi connectivity index (χ0) is 19.1. The van der Waals surface area contributed by atoms with Crippen molar-refractivity contribution in [1.82, 2.24) is 5.32 Å². The lowest BCUT2D eigenvalue weighted by Crippen LogP contribution is -2.34. The molecule has 0 bridgehead atoms. The van der Waals surface area contributed by atoms with Gasteiger partial charge < -0.3 is 15.4 Å². The van der Waals surface area contributed by atoms with Gasteiger partial charge in [0.2, 0.25) is 11.8 Å². The highest BCUT2D eigenvalue weighted by Crippen LogP contribution is 2.25. The van der Waals surface area contributed by atoms with Crippen molar-refractivity contribution in [3.8, 4) is 5.75 Å². The normalized spacial score (nSPS) is 10.3. The fourth-order valence-corrected chi connectivity index (χ4v) is 2.81. The molecule has 2 N–H and O–H groups in total. The third-order valence-corrected chi connectivity index (χ3v) is 4.33. The van der Waals surface area contributed by atoms with E-state index in [1.807, 2.05) is 13.0 Å². The van der Waals surface area contributed by atoms with Crippen molar-refractivity contribution in [2.45, 2.75) is 11.8 Å². The van der Waals surface area contributed by atoms with Gasteiger partial charge in [0.25, 0.3) is 0 Å². The number of rotatable bonds is 7. The fourth-order valence-electron chi connectivity index (χ4n) is 2.06. The smallest absolute Gasteiger partial charge is 0.243 e. The molecule has 2 rings (SSSR count). The van der Waals surface area contributed by atoms with Crippen LogP contribution in [0.25, 0.3) is 0 Å². The number of anilines is 1. The molecule has 0 spiro atoms. The summed E-state index contributed by atoms with van der Waals surface area (Å²) in [6, 6.07) is 8.75. The van der Waals surface area contributed by atoms with Gasteiger partial charge in [-0.05, 0) is 42.8 Å². The van der Waals surface area contributed by atoms with E-state index in [0.29, 0.717) is 16.3 Å². The van der Waals surface area contributed by atoms with Gasteiger partial charge in [0.05, 0.1) is 25.1 Å². The van der Waals surface area contributed by atoms with Gasteiger partial charge in [0.15, 0.2) is 11.6 Å². The van der Waals surface area contributed by atoms with Crippen LogP contribution >= 0.6 is 11.8 Å². The number of halogens is 2. The van der Waals surface area contributed by atoms with Gasteiger partial charge in [-0.15, -0.1) is 11.8 Å². The predicted molar refractivity (Wildman–Crippen MR) is 96.5 cm³/mol. The second-order valence-electron chi connectivity index (χ2n) is 5.39. The monoisotopic (exact) mass is 380 g/mol. The Hall–Kier alpha value is -2.61. The number of hydrogen-bond acceptors (Lipinski definition) is 4. The second kappa shape index (κ2) is 9.19. The lowest BCUT2D eigenvalue weighted by Gasteiger charge is -2.11. The van der Waals surface area contributed by atoms with E-state index in [4.69, 9.17) is 4.74 Å². The summed E-state index contributed by atoms with van der Waals surface area (Å²) in [5, 5.41) is 5.14. The Labute approximate surface area is 154 Å². The van der Waals surface area contributed by atoms with E-state index >= 15 is 0 Å². The standard InChI is InChI=1S/C18H18F2N2O3S/c1-11-3-6-16(25-2)15(7-11)22-17(23)9-21-18(24)10-26-12-4-5-13(19)14(20)8-12/h3-8H,9-10H2,1-2H3,(H,21,24)(H,22,23). The molecular weight excluding hydrogens is 362 g/mol. The Kier molecular flexibility index (Phi) is 6.97. The molecular formula is C18H18F2N2O3S. The zero-order valence-electron chi connectivity index (χ0n) is 14.3.